The van der Waals surface area contributed by atoms with Gasteiger partial charge in [-0.2, -0.15) is 0 Å². The van der Waals surface area contributed by atoms with Gasteiger partial charge in [0.15, 0.2) is 0 Å². The molecule has 3 heterocycles. The molecule has 2 saturated heterocycles. The molecule has 3 N–H and O–H groups in total. The van der Waals surface area contributed by atoms with E-state index in [4.69, 9.17) is 0 Å². The standard InChI is InChI=1S/C22H28N4O3/c27-19-5-4-18(20(28)25-19)26-12-15-3-2-14(8-17(15)21(26)29)10-24-16-9-22(6-1-7-22)13-23-11-16/h2-3,8,16,18,23-24H,1,4-7,9-13H2,(H,25,27,28). The molecular weight excluding hydrogens is 368 g/mol. The van der Waals surface area contributed by atoms with E-state index in [2.05, 4.69) is 22.0 Å². The largest absolute Gasteiger partial charge is 0.322 e. The van der Waals surface area contributed by atoms with E-state index >= 15 is 0 Å². The molecular formula is C22H28N4O3. The van der Waals surface area contributed by atoms with Crippen molar-refractivity contribution >= 4 is 17.7 Å². The van der Waals surface area contributed by atoms with E-state index in [1.165, 1.54) is 25.7 Å². The molecule has 3 amide bonds. The highest BCUT2D eigenvalue weighted by molar-refractivity contribution is 6.05. The lowest BCUT2D eigenvalue weighted by molar-refractivity contribution is -0.136. The van der Waals surface area contributed by atoms with Gasteiger partial charge in [0.1, 0.15) is 6.04 Å². The smallest absolute Gasteiger partial charge is 0.255 e. The number of nitrogens with zero attached hydrogens (tertiary/aromatic N) is 1. The summed E-state index contributed by atoms with van der Waals surface area (Å²) in [5.41, 5.74) is 3.24. The van der Waals surface area contributed by atoms with Crippen LogP contribution in [0.1, 0.15) is 60.0 Å². The molecule has 1 spiro atoms. The highest BCUT2D eigenvalue weighted by Crippen LogP contribution is 2.45. The maximum atomic E-state index is 12.9. The first-order valence-electron chi connectivity index (χ1n) is 10.7. The van der Waals surface area contributed by atoms with Gasteiger partial charge in [-0.15, -0.1) is 0 Å². The Morgan fingerprint density at radius 1 is 1.21 bits per heavy atom. The van der Waals surface area contributed by atoms with Crippen molar-refractivity contribution in [2.75, 3.05) is 13.1 Å². The van der Waals surface area contributed by atoms with Crippen LogP contribution >= 0.6 is 0 Å². The average molecular weight is 396 g/mol. The molecule has 3 aliphatic heterocycles. The number of nitrogens with one attached hydrogen (secondary N) is 3. The quantitative estimate of drug-likeness (QED) is 0.663. The van der Waals surface area contributed by atoms with Crippen molar-refractivity contribution < 1.29 is 14.4 Å². The average Bonchev–Trinajstić information content (AvgIpc) is 3.01. The van der Waals surface area contributed by atoms with Crippen LogP contribution in [-0.4, -0.2) is 47.8 Å². The first-order valence-corrected chi connectivity index (χ1v) is 10.7. The van der Waals surface area contributed by atoms with Crippen molar-refractivity contribution in [2.24, 2.45) is 5.41 Å². The van der Waals surface area contributed by atoms with Crippen LogP contribution in [0.2, 0.25) is 0 Å². The lowest BCUT2D eigenvalue weighted by Crippen LogP contribution is -2.54. The van der Waals surface area contributed by atoms with Gasteiger partial charge >= 0.3 is 0 Å². The van der Waals surface area contributed by atoms with Crippen molar-refractivity contribution in [2.45, 2.75) is 63.7 Å². The van der Waals surface area contributed by atoms with Crippen LogP contribution in [0.5, 0.6) is 0 Å². The Hall–Kier alpha value is -2.25. The van der Waals surface area contributed by atoms with E-state index in [1.807, 2.05) is 12.1 Å². The number of carbonyl (C=O) groups excluding carboxylic acids is 3. The molecule has 29 heavy (non-hydrogen) atoms. The topological polar surface area (TPSA) is 90.5 Å². The first kappa shape index (κ1) is 18.8. The van der Waals surface area contributed by atoms with E-state index in [0.29, 0.717) is 30.0 Å². The summed E-state index contributed by atoms with van der Waals surface area (Å²) in [6, 6.07) is 5.95. The summed E-state index contributed by atoms with van der Waals surface area (Å²) in [4.78, 5) is 38.1. The van der Waals surface area contributed by atoms with Crippen molar-refractivity contribution in [1.82, 2.24) is 20.9 Å². The third-order valence-corrected chi connectivity index (χ3v) is 7.17. The highest BCUT2D eigenvalue weighted by Gasteiger charge is 2.41. The molecule has 1 aliphatic carbocycles. The Kier molecular flexibility index (Phi) is 4.67. The van der Waals surface area contributed by atoms with Gasteiger partial charge in [-0.1, -0.05) is 18.6 Å². The molecule has 7 nitrogen and oxygen atoms in total. The van der Waals surface area contributed by atoms with Gasteiger partial charge in [0.2, 0.25) is 11.8 Å². The Labute approximate surface area is 170 Å². The molecule has 1 aromatic rings. The fourth-order valence-corrected chi connectivity index (χ4v) is 5.35. The predicted octanol–water partition coefficient (Wildman–Crippen LogP) is 1.07. The molecule has 0 aromatic heterocycles. The van der Waals surface area contributed by atoms with Crippen LogP contribution < -0.4 is 16.0 Å². The molecule has 0 bridgehead atoms. The fourth-order valence-electron chi connectivity index (χ4n) is 5.35. The van der Waals surface area contributed by atoms with Crippen molar-refractivity contribution in [1.29, 1.82) is 0 Å². The van der Waals surface area contributed by atoms with Crippen LogP contribution in [0.3, 0.4) is 0 Å². The minimum Gasteiger partial charge on any atom is -0.322 e. The molecule has 7 heteroatoms. The summed E-state index contributed by atoms with van der Waals surface area (Å²) in [6.07, 6.45) is 5.93. The lowest BCUT2D eigenvalue weighted by Gasteiger charge is -2.48. The van der Waals surface area contributed by atoms with Crippen LogP contribution in [-0.2, 0) is 22.7 Å². The molecule has 4 aliphatic rings. The summed E-state index contributed by atoms with van der Waals surface area (Å²) in [7, 11) is 0. The number of rotatable bonds is 4. The second kappa shape index (κ2) is 7.22. The second-order valence-electron chi connectivity index (χ2n) is 9.16. The second-order valence-corrected chi connectivity index (χ2v) is 9.16. The Bertz CT molecular complexity index is 864. The third-order valence-electron chi connectivity index (χ3n) is 7.17. The van der Waals surface area contributed by atoms with Crippen molar-refractivity contribution in [3.05, 3.63) is 34.9 Å². The fraction of sp³-hybridized carbons (Fsp3) is 0.591. The zero-order valence-electron chi connectivity index (χ0n) is 16.6. The van der Waals surface area contributed by atoms with Crippen LogP contribution in [0.25, 0.3) is 0 Å². The van der Waals surface area contributed by atoms with Gasteiger partial charge < -0.3 is 15.5 Å². The molecule has 1 aromatic carbocycles. The number of imide groups is 1. The number of fused-ring (bicyclic) bond motifs is 1. The molecule has 3 fully saturated rings. The van der Waals surface area contributed by atoms with Crippen molar-refractivity contribution in [3.8, 4) is 0 Å². The van der Waals surface area contributed by atoms with Crippen LogP contribution in [0.15, 0.2) is 18.2 Å². The molecule has 5 rings (SSSR count). The number of hydrogen-bond acceptors (Lipinski definition) is 5. The Morgan fingerprint density at radius 2 is 2.07 bits per heavy atom. The number of hydrogen-bond donors (Lipinski definition) is 3. The van der Waals surface area contributed by atoms with E-state index in [0.717, 1.165) is 30.8 Å². The lowest BCUT2D eigenvalue weighted by atomic mass is 9.64. The summed E-state index contributed by atoms with van der Waals surface area (Å²) >= 11 is 0. The summed E-state index contributed by atoms with van der Waals surface area (Å²) in [5, 5.41) is 9.59. The van der Waals surface area contributed by atoms with E-state index < -0.39 is 6.04 Å². The molecule has 154 valence electrons. The minimum atomic E-state index is -0.554. The summed E-state index contributed by atoms with van der Waals surface area (Å²) in [6.45, 7) is 3.31. The Balaban J connectivity index is 1.23. The summed E-state index contributed by atoms with van der Waals surface area (Å²) < 4.78 is 0. The van der Waals surface area contributed by atoms with Gasteiger partial charge in [0.25, 0.3) is 5.91 Å². The van der Waals surface area contributed by atoms with Gasteiger partial charge in [-0.05, 0) is 48.3 Å². The van der Waals surface area contributed by atoms with Crippen LogP contribution in [0.4, 0.5) is 0 Å². The first-order chi connectivity index (χ1) is 14.0. The zero-order chi connectivity index (χ0) is 20.0. The van der Waals surface area contributed by atoms with E-state index in [-0.39, 0.29) is 24.1 Å². The number of carbonyl (C=O) groups is 3. The van der Waals surface area contributed by atoms with E-state index in [1.54, 1.807) is 4.90 Å². The zero-order valence-corrected chi connectivity index (χ0v) is 16.6. The van der Waals surface area contributed by atoms with Gasteiger partial charge in [-0.3, -0.25) is 19.7 Å². The van der Waals surface area contributed by atoms with E-state index in [9.17, 15) is 14.4 Å². The molecule has 1 saturated carbocycles. The monoisotopic (exact) mass is 396 g/mol. The maximum Gasteiger partial charge on any atom is 0.255 e. The normalized spacial score (nSPS) is 28.3. The van der Waals surface area contributed by atoms with Gasteiger partial charge in [0, 0.05) is 44.2 Å². The number of benzene rings is 1. The van der Waals surface area contributed by atoms with Gasteiger partial charge in [-0.25, -0.2) is 0 Å². The third kappa shape index (κ3) is 3.46. The predicted molar refractivity (Wildman–Crippen MR) is 107 cm³/mol. The Morgan fingerprint density at radius 3 is 2.83 bits per heavy atom. The number of amides is 3. The van der Waals surface area contributed by atoms with Crippen molar-refractivity contribution in [3.63, 3.8) is 0 Å². The SMILES string of the molecule is O=C1CCC(N2Cc3ccc(CNC4CNCC5(CCC5)C4)cc3C2=O)C(=O)N1. The van der Waals surface area contributed by atoms with Crippen LogP contribution in [0, 0.1) is 5.41 Å². The molecule has 2 atom stereocenters. The minimum absolute atomic E-state index is 0.107. The highest BCUT2D eigenvalue weighted by atomic mass is 16.2. The summed E-state index contributed by atoms with van der Waals surface area (Å²) in [5.74, 6) is -0.729. The van der Waals surface area contributed by atoms with Gasteiger partial charge in [0.05, 0.1) is 0 Å². The molecule has 0 radical (unpaired) electrons. The number of piperidine rings is 2. The maximum absolute atomic E-state index is 12.9. The molecule has 2 unspecified atom stereocenters.